The van der Waals surface area contributed by atoms with Crippen molar-refractivity contribution in [2.45, 2.75) is 38.1 Å². The predicted molar refractivity (Wildman–Crippen MR) is 102 cm³/mol. The summed E-state index contributed by atoms with van der Waals surface area (Å²) in [5.41, 5.74) is 2.90. The van der Waals surface area contributed by atoms with Gasteiger partial charge in [-0.1, -0.05) is 24.3 Å². The van der Waals surface area contributed by atoms with Crippen LogP contribution in [-0.4, -0.2) is 32.3 Å². The Hall–Kier alpha value is -2.18. The summed E-state index contributed by atoms with van der Waals surface area (Å²) in [7, 11) is -3.90. The Bertz CT molecular complexity index is 899. The van der Waals surface area contributed by atoms with Gasteiger partial charge >= 0.3 is 0 Å². The Kier molecular flexibility index (Phi) is 5.44. The van der Waals surface area contributed by atoms with Gasteiger partial charge in [0.1, 0.15) is 0 Å². The monoisotopic (exact) mass is 372 g/mol. The van der Waals surface area contributed by atoms with Crippen molar-refractivity contribution < 1.29 is 13.2 Å². The van der Waals surface area contributed by atoms with Crippen molar-refractivity contribution >= 4 is 15.9 Å². The first-order chi connectivity index (χ1) is 12.3. The van der Waals surface area contributed by atoms with Crippen molar-refractivity contribution in [2.75, 3.05) is 13.1 Å². The van der Waals surface area contributed by atoms with Crippen LogP contribution >= 0.6 is 0 Å². The van der Waals surface area contributed by atoms with Crippen molar-refractivity contribution in [1.82, 2.24) is 9.62 Å². The zero-order valence-corrected chi connectivity index (χ0v) is 16.0. The number of hydrogen-bond acceptors (Lipinski definition) is 4. The number of nitrogens with one attached hydrogen (secondary N) is 1. The van der Waals surface area contributed by atoms with Crippen LogP contribution in [-0.2, 0) is 16.6 Å². The molecule has 0 unspecified atom stereocenters. The Morgan fingerprint density at radius 2 is 1.69 bits per heavy atom. The number of rotatable bonds is 5. The molecule has 1 aliphatic rings. The van der Waals surface area contributed by atoms with Crippen molar-refractivity contribution in [3.63, 3.8) is 0 Å². The van der Waals surface area contributed by atoms with E-state index < -0.39 is 15.9 Å². The highest BCUT2D eigenvalue weighted by atomic mass is 32.2. The van der Waals surface area contributed by atoms with E-state index in [-0.39, 0.29) is 4.90 Å². The van der Waals surface area contributed by atoms with Crippen LogP contribution in [0.3, 0.4) is 0 Å². The molecule has 6 heteroatoms. The number of amides is 1. The molecule has 1 aliphatic heterocycles. The van der Waals surface area contributed by atoms with E-state index in [2.05, 4.69) is 9.62 Å². The summed E-state index contributed by atoms with van der Waals surface area (Å²) in [4.78, 5) is 14.9. The average Bonchev–Trinajstić information content (AvgIpc) is 3.10. The lowest BCUT2D eigenvalue weighted by Crippen LogP contribution is -2.31. The zero-order valence-electron chi connectivity index (χ0n) is 15.2. The minimum Gasteiger partial charge on any atom is -0.299 e. The predicted octanol–water partition coefficient (Wildman–Crippen LogP) is 3.02. The normalized spacial score (nSPS) is 15.2. The van der Waals surface area contributed by atoms with Gasteiger partial charge in [-0.15, -0.1) is 0 Å². The van der Waals surface area contributed by atoms with Gasteiger partial charge in [-0.3, -0.25) is 9.69 Å². The molecule has 2 aromatic carbocycles. The summed E-state index contributed by atoms with van der Waals surface area (Å²) in [6.07, 6.45) is 2.47. The second-order valence-corrected chi connectivity index (χ2v) is 8.53. The molecule has 5 nitrogen and oxygen atoms in total. The van der Waals surface area contributed by atoms with Gasteiger partial charge < -0.3 is 0 Å². The number of sulfonamides is 1. The van der Waals surface area contributed by atoms with E-state index in [4.69, 9.17) is 0 Å². The van der Waals surface area contributed by atoms with E-state index in [1.807, 2.05) is 25.1 Å². The van der Waals surface area contributed by atoms with Gasteiger partial charge in [0.25, 0.3) is 15.9 Å². The van der Waals surface area contributed by atoms with Crippen LogP contribution in [0, 0.1) is 13.8 Å². The first-order valence-electron chi connectivity index (χ1n) is 8.81. The van der Waals surface area contributed by atoms with Crippen LogP contribution in [0.1, 0.15) is 39.9 Å². The van der Waals surface area contributed by atoms with Gasteiger partial charge in [0, 0.05) is 12.1 Å². The fourth-order valence-electron chi connectivity index (χ4n) is 3.19. The van der Waals surface area contributed by atoms with Crippen LogP contribution in [0.4, 0.5) is 0 Å². The summed E-state index contributed by atoms with van der Waals surface area (Å²) in [5.74, 6) is -0.612. The third kappa shape index (κ3) is 4.31. The molecule has 0 atom stereocenters. The summed E-state index contributed by atoms with van der Waals surface area (Å²) in [6.45, 7) is 6.61. The molecule has 138 valence electrons. The molecule has 1 fully saturated rings. The quantitative estimate of drug-likeness (QED) is 0.876. The number of nitrogens with zero attached hydrogens (tertiary/aromatic N) is 1. The molecule has 26 heavy (non-hydrogen) atoms. The van der Waals surface area contributed by atoms with Gasteiger partial charge in [0.2, 0.25) is 0 Å². The third-order valence-corrected chi connectivity index (χ3v) is 6.15. The SMILES string of the molecule is Cc1ccc(C)c(S(=O)(=O)NC(=O)c2ccc(CN3CCCC3)cc2)c1. The largest absolute Gasteiger partial charge is 0.299 e. The minimum absolute atomic E-state index is 0.136. The lowest BCUT2D eigenvalue weighted by Gasteiger charge is -2.14. The smallest absolute Gasteiger partial charge is 0.264 e. The van der Waals surface area contributed by atoms with Crippen LogP contribution in [0.5, 0.6) is 0 Å². The summed E-state index contributed by atoms with van der Waals surface area (Å²) in [5, 5.41) is 0. The molecule has 0 bridgehead atoms. The van der Waals surface area contributed by atoms with E-state index in [1.54, 1.807) is 31.2 Å². The molecular formula is C20H24N2O3S. The van der Waals surface area contributed by atoms with E-state index in [9.17, 15) is 13.2 Å². The molecule has 0 radical (unpaired) electrons. The topological polar surface area (TPSA) is 66.5 Å². The van der Waals surface area contributed by atoms with E-state index in [0.717, 1.165) is 30.8 Å². The Morgan fingerprint density at radius 3 is 2.35 bits per heavy atom. The van der Waals surface area contributed by atoms with Gasteiger partial charge in [-0.2, -0.15) is 0 Å². The molecule has 1 heterocycles. The molecule has 0 spiro atoms. The lowest BCUT2D eigenvalue weighted by molar-refractivity contribution is 0.0981. The summed E-state index contributed by atoms with van der Waals surface area (Å²) < 4.78 is 27.3. The van der Waals surface area contributed by atoms with E-state index in [0.29, 0.717) is 11.1 Å². The number of aryl methyl sites for hydroxylation is 2. The van der Waals surface area contributed by atoms with E-state index in [1.165, 1.54) is 12.8 Å². The number of carbonyl (C=O) groups is 1. The first-order valence-corrected chi connectivity index (χ1v) is 10.3. The highest BCUT2D eigenvalue weighted by molar-refractivity contribution is 7.90. The fraction of sp³-hybridized carbons (Fsp3) is 0.350. The Balaban J connectivity index is 1.71. The number of likely N-dealkylation sites (tertiary alicyclic amines) is 1. The van der Waals surface area contributed by atoms with E-state index >= 15 is 0 Å². The van der Waals surface area contributed by atoms with Crippen molar-refractivity contribution in [1.29, 1.82) is 0 Å². The van der Waals surface area contributed by atoms with Gasteiger partial charge in [-0.05, 0) is 74.7 Å². The highest BCUT2D eigenvalue weighted by Gasteiger charge is 2.21. The molecule has 1 N–H and O–H groups in total. The Labute approximate surface area is 155 Å². The molecular weight excluding hydrogens is 348 g/mol. The molecule has 0 aromatic heterocycles. The highest BCUT2D eigenvalue weighted by Crippen LogP contribution is 2.18. The second kappa shape index (κ2) is 7.60. The molecule has 3 rings (SSSR count). The van der Waals surface area contributed by atoms with Gasteiger partial charge in [-0.25, -0.2) is 13.1 Å². The summed E-state index contributed by atoms with van der Waals surface area (Å²) >= 11 is 0. The van der Waals surface area contributed by atoms with Crippen LogP contribution in [0.25, 0.3) is 0 Å². The number of carbonyl (C=O) groups excluding carboxylic acids is 1. The third-order valence-electron chi connectivity index (χ3n) is 4.68. The Morgan fingerprint density at radius 1 is 1.04 bits per heavy atom. The fourth-order valence-corrected chi connectivity index (χ4v) is 4.50. The van der Waals surface area contributed by atoms with Gasteiger partial charge in [0.15, 0.2) is 0 Å². The maximum atomic E-state index is 12.5. The first kappa shape index (κ1) is 18.6. The molecule has 1 amide bonds. The maximum absolute atomic E-state index is 12.5. The standard InChI is InChI=1S/C20H24N2O3S/c1-15-5-6-16(2)19(13-15)26(24,25)21-20(23)18-9-7-17(8-10-18)14-22-11-3-4-12-22/h5-10,13H,3-4,11-12,14H2,1-2H3,(H,21,23). The lowest BCUT2D eigenvalue weighted by atomic mass is 10.1. The number of hydrogen-bond donors (Lipinski definition) is 1. The van der Waals surface area contributed by atoms with Crippen LogP contribution in [0.2, 0.25) is 0 Å². The van der Waals surface area contributed by atoms with Crippen molar-refractivity contribution in [3.05, 3.63) is 64.7 Å². The molecule has 1 saturated heterocycles. The summed E-state index contributed by atoms with van der Waals surface area (Å²) in [6, 6.07) is 12.3. The van der Waals surface area contributed by atoms with Gasteiger partial charge in [0.05, 0.1) is 4.90 Å². The van der Waals surface area contributed by atoms with Crippen LogP contribution in [0.15, 0.2) is 47.4 Å². The molecule has 0 aliphatic carbocycles. The van der Waals surface area contributed by atoms with Crippen molar-refractivity contribution in [3.8, 4) is 0 Å². The number of benzene rings is 2. The molecule has 2 aromatic rings. The molecule has 0 saturated carbocycles. The van der Waals surface area contributed by atoms with Crippen LogP contribution < -0.4 is 4.72 Å². The zero-order chi connectivity index (χ0) is 18.7. The maximum Gasteiger partial charge on any atom is 0.264 e. The minimum atomic E-state index is -3.90. The second-order valence-electron chi connectivity index (χ2n) is 6.88. The average molecular weight is 372 g/mol. The van der Waals surface area contributed by atoms with Crippen molar-refractivity contribution in [2.24, 2.45) is 0 Å².